The quantitative estimate of drug-likeness (QED) is 0.0390. The van der Waals surface area contributed by atoms with Crippen LogP contribution in [0.25, 0.3) is 0 Å². The van der Waals surface area contributed by atoms with E-state index < -0.39 is 174 Å². The molecule has 0 unspecified atom stereocenters. The third-order valence-electron chi connectivity index (χ3n) is 7.70. The van der Waals surface area contributed by atoms with E-state index in [1.165, 1.54) is 20.8 Å². The monoisotopic (exact) mass is 1060 g/mol. The number of phosphoric acid groups is 3. The fourth-order valence-electron chi connectivity index (χ4n) is 4.91. The lowest BCUT2D eigenvalue weighted by molar-refractivity contribution is -0.243. The number of esters is 9. The summed E-state index contributed by atoms with van der Waals surface area (Å²) in [5, 5.41) is 0. The fraction of sp³-hybridized carbons (Fsp3) is 0.750. The van der Waals surface area contributed by atoms with Crippen LogP contribution in [-0.2, 0) is 140 Å². The summed E-state index contributed by atoms with van der Waals surface area (Å²) in [6.07, 6.45) is -16.4. The molecule has 33 heteroatoms. The van der Waals surface area contributed by atoms with Gasteiger partial charge in [0.2, 0.25) is 40.8 Å². The molecule has 0 aromatic carbocycles. The van der Waals surface area contributed by atoms with Gasteiger partial charge < -0.3 is 42.6 Å². The summed E-state index contributed by atoms with van der Waals surface area (Å²) in [7, 11) is -16.7. The van der Waals surface area contributed by atoms with Crippen LogP contribution in [0.1, 0.15) is 101 Å². The van der Waals surface area contributed by atoms with Crippen molar-refractivity contribution in [2.75, 3.05) is 40.8 Å². The number of carbonyl (C=O) groups excluding carboxylic acids is 9. The maximum Gasteiger partial charge on any atom is 0.481 e. The normalized spacial score (nSPS) is 19.3. The predicted octanol–water partition coefficient (Wildman–Crippen LogP) is 3.84. The SMILES string of the molecule is CCCC(=O)OC1C(OP(=O)(OCOC(C)=O)OCOC(C)=O)C(OC(=O)CCC)C(OP(=O)(OCOC(C)=O)OCOC(C)=O)C(OC(=O)CCC)C1OP(=O)(OCOC(C)=O)OCOC(C)=O. The number of rotatable bonds is 33. The van der Waals surface area contributed by atoms with Crippen LogP contribution in [0, 0.1) is 0 Å². The van der Waals surface area contributed by atoms with Gasteiger partial charge in [-0.2, -0.15) is 0 Å². The second kappa shape index (κ2) is 31.7. The van der Waals surface area contributed by atoms with Gasteiger partial charge in [-0.05, 0) is 19.3 Å². The minimum atomic E-state index is -5.57. The van der Waals surface area contributed by atoms with E-state index in [2.05, 4.69) is 0 Å². The number of hydrogen-bond acceptors (Lipinski definition) is 30. The highest BCUT2D eigenvalue weighted by molar-refractivity contribution is 7.49. The van der Waals surface area contributed by atoms with Gasteiger partial charge in [-0.15, -0.1) is 0 Å². The lowest BCUT2D eigenvalue weighted by Gasteiger charge is -2.48. The Balaban J connectivity index is 4.68. The topological polar surface area (TPSA) is 371 Å². The molecule has 0 bridgehead atoms. The Bertz CT molecular complexity index is 1600. The zero-order valence-electron chi connectivity index (χ0n) is 39.0. The Morgan fingerprint density at radius 2 is 0.493 bits per heavy atom. The Morgan fingerprint density at radius 3 is 0.638 bits per heavy atom. The lowest BCUT2D eigenvalue weighted by atomic mass is 9.84. The molecule has 0 spiro atoms. The van der Waals surface area contributed by atoms with Crippen molar-refractivity contribution in [3.8, 4) is 0 Å². The summed E-state index contributed by atoms with van der Waals surface area (Å²) in [6, 6.07) is 0. The second-order valence-electron chi connectivity index (χ2n) is 13.5. The van der Waals surface area contributed by atoms with E-state index in [9.17, 15) is 56.8 Å². The van der Waals surface area contributed by atoms with E-state index in [-0.39, 0.29) is 19.3 Å². The first kappa shape index (κ1) is 62.6. The first-order valence-electron chi connectivity index (χ1n) is 20.4. The van der Waals surface area contributed by atoms with Crippen molar-refractivity contribution >= 4 is 77.2 Å². The van der Waals surface area contributed by atoms with Crippen LogP contribution in [0.3, 0.4) is 0 Å². The Labute approximate surface area is 395 Å². The van der Waals surface area contributed by atoms with Crippen molar-refractivity contribution in [3.05, 3.63) is 0 Å². The number of phosphoric ester groups is 3. The highest BCUT2D eigenvalue weighted by atomic mass is 31.2. The van der Waals surface area contributed by atoms with Gasteiger partial charge in [0.1, 0.15) is 18.3 Å². The molecule has 396 valence electrons. The van der Waals surface area contributed by atoms with Gasteiger partial charge in [-0.1, -0.05) is 20.8 Å². The van der Waals surface area contributed by atoms with Gasteiger partial charge in [0.15, 0.2) is 18.3 Å². The van der Waals surface area contributed by atoms with E-state index >= 15 is 0 Å². The van der Waals surface area contributed by atoms with Crippen molar-refractivity contribution in [2.24, 2.45) is 0 Å². The highest BCUT2D eigenvalue weighted by Crippen LogP contribution is 2.59. The molecule has 0 amide bonds. The van der Waals surface area contributed by atoms with Crippen LogP contribution in [0.5, 0.6) is 0 Å². The molecule has 0 radical (unpaired) electrons. The zero-order valence-corrected chi connectivity index (χ0v) is 41.7. The third kappa shape index (κ3) is 25.3. The zero-order chi connectivity index (χ0) is 52.4. The van der Waals surface area contributed by atoms with Crippen LogP contribution in [0.2, 0.25) is 0 Å². The van der Waals surface area contributed by atoms with E-state index in [0.29, 0.717) is 0 Å². The van der Waals surface area contributed by atoms with Crippen LogP contribution < -0.4 is 0 Å². The smallest absolute Gasteiger partial charge is 0.456 e. The van der Waals surface area contributed by atoms with Gasteiger partial charge in [-0.3, -0.25) is 56.7 Å². The first-order valence-corrected chi connectivity index (χ1v) is 24.8. The van der Waals surface area contributed by atoms with Gasteiger partial charge in [-0.25, -0.2) is 40.8 Å². The minimum Gasteiger partial charge on any atom is -0.456 e. The van der Waals surface area contributed by atoms with Crippen molar-refractivity contribution in [2.45, 2.75) is 137 Å². The predicted molar refractivity (Wildman–Crippen MR) is 218 cm³/mol. The van der Waals surface area contributed by atoms with Gasteiger partial charge in [0, 0.05) is 60.8 Å². The Kier molecular flexibility index (Phi) is 28.8. The molecule has 1 rings (SSSR count). The number of ether oxygens (including phenoxy) is 9. The largest absolute Gasteiger partial charge is 0.481 e. The molecule has 1 aliphatic rings. The van der Waals surface area contributed by atoms with Gasteiger partial charge >= 0.3 is 77.2 Å². The van der Waals surface area contributed by atoms with E-state index in [1.54, 1.807) is 0 Å². The minimum absolute atomic E-state index is 0.0473. The molecule has 0 heterocycles. The number of carbonyl (C=O) groups is 9. The second-order valence-corrected chi connectivity index (χ2v) is 18.3. The average Bonchev–Trinajstić information content (AvgIpc) is 3.21. The maximum atomic E-state index is 14.6. The van der Waals surface area contributed by atoms with Crippen LogP contribution in [0.15, 0.2) is 0 Å². The van der Waals surface area contributed by atoms with Crippen LogP contribution >= 0.6 is 23.5 Å². The standard InChI is InChI=1S/C36H57O30P3/c1-10-13-28(43)61-31-34(64-67(46,55-16-49-22(4)37)56-17-50-23(5)38)32(62-29(44)14-11-2)36(66-69(48,59-20-53-26(8)41)60-21-54-27(9)42)33(63-30(45)15-12-3)35(31)65-68(47,57-18-51-24(6)39)58-19-52-25(7)40/h31-36H,10-21H2,1-9H3. The molecule has 0 aromatic rings. The van der Waals surface area contributed by atoms with E-state index in [0.717, 1.165) is 41.5 Å². The molecule has 0 aromatic heterocycles. The highest BCUT2D eigenvalue weighted by Gasteiger charge is 2.63. The third-order valence-corrected chi connectivity index (χ3v) is 11.7. The summed E-state index contributed by atoms with van der Waals surface area (Å²) in [4.78, 5) is 111. The van der Waals surface area contributed by atoms with E-state index in [4.69, 9.17) is 83.3 Å². The molecule has 1 aliphatic carbocycles. The molecule has 69 heavy (non-hydrogen) atoms. The summed E-state index contributed by atoms with van der Waals surface area (Å²) in [5.74, 6) is -9.73. The van der Waals surface area contributed by atoms with Crippen molar-refractivity contribution in [1.29, 1.82) is 0 Å². The molecular weight excluding hydrogens is 1010 g/mol. The summed E-state index contributed by atoms with van der Waals surface area (Å²) < 4.78 is 138. The van der Waals surface area contributed by atoms with Crippen LogP contribution in [-0.4, -0.2) is 131 Å². The Hall–Kier alpha value is -4.44. The average molecular weight is 1060 g/mol. The molecular formula is C36H57O30P3. The maximum absolute atomic E-state index is 14.6. The van der Waals surface area contributed by atoms with Gasteiger partial charge in [0.25, 0.3) is 0 Å². The summed E-state index contributed by atoms with van der Waals surface area (Å²) in [5.41, 5.74) is 0. The van der Waals surface area contributed by atoms with Crippen molar-refractivity contribution in [3.63, 3.8) is 0 Å². The van der Waals surface area contributed by atoms with E-state index in [1.807, 2.05) is 0 Å². The Morgan fingerprint density at radius 1 is 0.319 bits per heavy atom. The van der Waals surface area contributed by atoms with Gasteiger partial charge in [0.05, 0.1) is 0 Å². The molecule has 0 saturated heterocycles. The molecule has 30 nitrogen and oxygen atoms in total. The molecule has 0 aliphatic heterocycles. The molecule has 1 saturated carbocycles. The summed E-state index contributed by atoms with van der Waals surface area (Å²) >= 11 is 0. The molecule has 1 fully saturated rings. The fourth-order valence-corrected chi connectivity index (χ4v) is 8.21. The van der Waals surface area contributed by atoms with Crippen molar-refractivity contribution < 1.29 is 140 Å². The van der Waals surface area contributed by atoms with Crippen molar-refractivity contribution in [1.82, 2.24) is 0 Å². The molecule has 0 N–H and O–H groups in total. The van der Waals surface area contributed by atoms with Crippen LogP contribution in [0.4, 0.5) is 0 Å². The summed E-state index contributed by atoms with van der Waals surface area (Å²) in [6.45, 7) is 2.42. The molecule has 0 atom stereocenters. The lowest BCUT2D eigenvalue weighted by Crippen LogP contribution is -2.68. The first-order chi connectivity index (χ1) is 32.3. The number of hydrogen-bond donors (Lipinski definition) is 0.